The maximum absolute atomic E-state index is 4.51. The molecule has 2 aliphatic heterocycles. The van der Waals surface area contributed by atoms with Crippen LogP contribution in [-0.2, 0) is 6.42 Å². The van der Waals surface area contributed by atoms with E-state index in [0.717, 1.165) is 37.9 Å². The molecule has 0 bridgehead atoms. The molecule has 4 nitrogen and oxygen atoms in total. The van der Waals surface area contributed by atoms with Gasteiger partial charge in [0.1, 0.15) is 0 Å². The minimum atomic E-state index is 0. The fourth-order valence-electron chi connectivity index (χ4n) is 4.08. The molecule has 26 heavy (non-hydrogen) atoms. The van der Waals surface area contributed by atoms with E-state index in [0.29, 0.717) is 5.41 Å². The maximum Gasteiger partial charge on any atom is 0.193 e. The summed E-state index contributed by atoms with van der Waals surface area (Å²) in [6.07, 6.45) is 3.71. The number of nitrogens with zero attached hydrogens (tertiary/aromatic N) is 3. The van der Waals surface area contributed by atoms with Crippen molar-refractivity contribution in [1.82, 2.24) is 15.1 Å². The van der Waals surface area contributed by atoms with Crippen LogP contribution in [0.3, 0.4) is 0 Å². The summed E-state index contributed by atoms with van der Waals surface area (Å²) in [5, 5.41) is 3.63. The van der Waals surface area contributed by atoms with Crippen molar-refractivity contribution < 1.29 is 0 Å². The summed E-state index contributed by atoms with van der Waals surface area (Å²) in [6, 6.07) is 10.8. The Morgan fingerprint density at radius 2 is 2.00 bits per heavy atom. The summed E-state index contributed by atoms with van der Waals surface area (Å²) in [5.41, 5.74) is 1.86. The van der Waals surface area contributed by atoms with Crippen molar-refractivity contribution in [2.45, 2.75) is 33.1 Å². The molecule has 1 N–H and O–H groups in total. The van der Waals surface area contributed by atoms with Crippen molar-refractivity contribution in [2.24, 2.45) is 16.3 Å². The number of hydrogen-bond acceptors (Lipinski definition) is 2. The van der Waals surface area contributed by atoms with Crippen molar-refractivity contribution >= 4 is 29.9 Å². The van der Waals surface area contributed by atoms with Crippen LogP contribution in [0.5, 0.6) is 0 Å². The van der Waals surface area contributed by atoms with Gasteiger partial charge in [-0.15, -0.1) is 24.0 Å². The molecule has 1 aromatic carbocycles. The van der Waals surface area contributed by atoms with Crippen molar-refractivity contribution in [3.63, 3.8) is 0 Å². The molecular weight excluding hydrogens is 435 g/mol. The lowest BCUT2D eigenvalue weighted by molar-refractivity contribution is 0.326. The average molecular weight is 470 g/mol. The molecule has 0 spiro atoms. The summed E-state index contributed by atoms with van der Waals surface area (Å²) in [6.45, 7) is 11.6. The van der Waals surface area contributed by atoms with Gasteiger partial charge in [-0.2, -0.15) is 0 Å². The molecule has 1 unspecified atom stereocenters. The van der Waals surface area contributed by atoms with E-state index in [-0.39, 0.29) is 24.0 Å². The normalized spacial score (nSPS) is 23.1. The van der Waals surface area contributed by atoms with Gasteiger partial charge in [-0.25, -0.2) is 0 Å². The molecule has 3 rings (SSSR count). The van der Waals surface area contributed by atoms with Gasteiger partial charge in [-0.3, -0.25) is 4.99 Å². The van der Waals surface area contributed by atoms with Crippen LogP contribution in [0.2, 0.25) is 0 Å². The predicted molar refractivity (Wildman–Crippen MR) is 121 cm³/mol. The average Bonchev–Trinajstić information content (AvgIpc) is 3.21. The fraction of sp³-hybridized carbons (Fsp3) is 0.667. The Balaban J connectivity index is 0.00000243. The van der Waals surface area contributed by atoms with Gasteiger partial charge in [0.15, 0.2) is 5.96 Å². The third-order valence-corrected chi connectivity index (χ3v) is 5.67. The highest BCUT2D eigenvalue weighted by Gasteiger charge is 2.31. The second kappa shape index (κ2) is 9.93. The standard InChI is InChI=1S/C21H34N4.HI/c1-21(2)11-14-25(17-21)20(22-3)23-15-19-10-13-24(16-19)12-9-18-7-5-4-6-8-18;/h4-8,19H,9-17H2,1-3H3,(H,22,23);1H. The van der Waals surface area contributed by atoms with Gasteiger partial charge in [-0.05, 0) is 42.7 Å². The molecule has 2 saturated heterocycles. The van der Waals surface area contributed by atoms with E-state index in [2.05, 4.69) is 64.3 Å². The Labute approximate surface area is 176 Å². The van der Waals surface area contributed by atoms with Gasteiger partial charge in [-0.1, -0.05) is 44.2 Å². The van der Waals surface area contributed by atoms with Crippen molar-refractivity contribution in [3.8, 4) is 0 Å². The molecule has 2 fully saturated rings. The van der Waals surface area contributed by atoms with Crippen LogP contribution in [0, 0.1) is 11.3 Å². The summed E-state index contributed by atoms with van der Waals surface area (Å²) >= 11 is 0. The molecule has 5 heteroatoms. The highest BCUT2D eigenvalue weighted by atomic mass is 127. The Morgan fingerprint density at radius 1 is 1.23 bits per heavy atom. The molecule has 0 saturated carbocycles. The van der Waals surface area contributed by atoms with Crippen LogP contribution in [0.1, 0.15) is 32.3 Å². The lowest BCUT2D eigenvalue weighted by Crippen LogP contribution is -2.43. The van der Waals surface area contributed by atoms with E-state index in [1.807, 2.05) is 7.05 Å². The first-order valence-corrected chi connectivity index (χ1v) is 9.78. The van der Waals surface area contributed by atoms with Crippen LogP contribution in [-0.4, -0.2) is 62.1 Å². The van der Waals surface area contributed by atoms with Gasteiger partial charge in [0, 0.05) is 39.8 Å². The molecular formula is C21H35IN4. The summed E-state index contributed by atoms with van der Waals surface area (Å²) in [4.78, 5) is 9.54. The summed E-state index contributed by atoms with van der Waals surface area (Å²) < 4.78 is 0. The van der Waals surface area contributed by atoms with Gasteiger partial charge in [0.05, 0.1) is 0 Å². The minimum absolute atomic E-state index is 0. The van der Waals surface area contributed by atoms with Crippen molar-refractivity contribution in [2.75, 3.05) is 46.3 Å². The number of aliphatic imine (C=N–C) groups is 1. The van der Waals surface area contributed by atoms with E-state index in [4.69, 9.17) is 0 Å². The highest BCUT2D eigenvalue weighted by Crippen LogP contribution is 2.28. The summed E-state index contributed by atoms with van der Waals surface area (Å²) in [7, 11) is 1.91. The molecule has 1 atom stereocenters. The van der Waals surface area contributed by atoms with Gasteiger partial charge in [0.25, 0.3) is 0 Å². The molecule has 0 radical (unpaired) electrons. The quantitative estimate of drug-likeness (QED) is 0.406. The number of nitrogens with one attached hydrogen (secondary N) is 1. The SMILES string of the molecule is CN=C(NCC1CCN(CCc2ccccc2)C1)N1CCC(C)(C)C1.I. The Bertz CT molecular complexity index is 573. The first-order chi connectivity index (χ1) is 12.1. The molecule has 0 amide bonds. The Kier molecular flexibility index (Phi) is 8.20. The van der Waals surface area contributed by atoms with Crippen LogP contribution in [0.4, 0.5) is 0 Å². The van der Waals surface area contributed by atoms with E-state index >= 15 is 0 Å². The van der Waals surface area contributed by atoms with Crippen molar-refractivity contribution in [3.05, 3.63) is 35.9 Å². The lowest BCUT2D eigenvalue weighted by atomic mass is 9.93. The maximum atomic E-state index is 4.51. The number of likely N-dealkylation sites (tertiary alicyclic amines) is 2. The van der Waals surface area contributed by atoms with Crippen LogP contribution >= 0.6 is 24.0 Å². The Morgan fingerprint density at radius 3 is 2.65 bits per heavy atom. The van der Waals surface area contributed by atoms with E-state index in [9.17, 15) is 0 Å². The monoisotopic (exact) mass is 470 g/mol. The largest absolute Gasteiger partial charge is 0.356 e. The first kappa shape index (κ1) is 21.5. The lowest BCUT2D eigenvalue weighted by Gasteiger charge is -2.25. The van der Waals surface area contributed by atoms with E-state index in [1.54, 1.807) is 0 Å². The fourth-order valence-corrected chi connectivity index (χ4v) is 4.08. The van der Waals surface area contributed by atoms with E-state index < -0.39 is 0 Å². The third kappa shape index (κ3) is 6.12. The predicted octanol–water partition coefficient (Wildman–Crippen LogP) is 3.48. The zero-order valence-corrected chi connectivity index (χ0v) is 18.9. The zero-order valence-electron chi connectivity index (χ0n) is 16.6. The Hall–Kier alpha value is -0.820. The topological polar surface area (TPSA) is 30.9 Å². The molecule has 1 aromatic rings. The molecule has 146 valence electrons. The van der Waals surface area contributed by atoms with Gasteiger partial charge in [0.2, 0.25) is 0 Å². The summed E-state index contributed by atoms with van der Waals surface area (Å²) in [5.74, 6) is 1.83. The number of guanidine groups is 1. The highest BCUT2D eigenvalue weighted by molar-refractivity contribution is 14.0. The zero-order chi connectivity index (χ0) is 17.7. The number of hydrogen-bond donors (Lipinski definition) is 1. The number of rotatable bonds is 5. The van der Waals surface area contributed by atoms with Crippen LogP contribution < -0.4 is 5.32 Å². The van der Waals surface area contributed by atoms with Crippen LogP contribution in [0.15, 0.2) is 35.3 Å². The van der Waals surface area contributed by atoms with Crippen molar-refractivity contribution in [1.29, 1.82) is 0 Å². The smallest absolute Gasteiger partial charge is 0.193 e. The van der Waals surface area contributed by atoms with Crippen LogP contribution in [0.25, 0.3) is 0 Å². The van der Waals surface area contributed by atoms with E-state index in [1.165, 1.54) is 38.0 Å². The first-order valence-electron chi connectivity index (χ1n) is 9.78. The van der Waals surface area contributed by atoms with Gasteiger partial charge >= 0.3 is 0 Å². The molecule has 2 aliphatic rings. The second-order valence-corrected chi connectivity index (χ2v) is 8.45. The third-order valence-electron chi connectivity index (χ3n) is 5.67. The molecule has 0 aromatic heterocycles. The minimum Gasteiger partial charge on any atom is -0.356 e. The molecule has 2 heterocycles. The molecule has 0 aliphatic carbocycles. The number of halogens is 1. The van der Waals surface area contributed by atoms with Gasteiger partial charge < -0.3 is 15.1 Å². The second-order valence-electron chi connectivity index (χ2n) is 8.45. The number of benzene rings is 1.